The van der Waals surface area contributed by atoms with Crippen LogP contribution in [-0.4, -0.2) is 49.4 Å². The zero-order valence-electron chi connectivity index (χ0n) is 16.1. The first-order valence-electron chi connectivity index (χ1n) is 8.76. The molecule has 0 unspecified atom stereocenters. The number of rotatable bonds is 4. The van der Waals surface area contributed by atoms with E-state index in [9.17, 15) is 9.59 Å². The van der Waals surface area contributed by atoms with Crippen LogP contribution in [0.4, 0.5) is 4.79 Å². The lowest BCUT2D eigenvalue weighted by Crippen LogP contribution is -2.41. The molecule has 1 heterocycles. The molecule has 1 aromatic rings. The summed E-state index contributed by atoms with van der Waals surface area (Å²) in [7, 11) is 1.60. The van der Waals surface area contributed by atoms with Gasteiger partial charge in [-0.3, -0.25) is 0 Å². The molecular weight excluding hydrogens is 334 g/mol. The molecule has 1 aromatic carbocycles. The van der Waals surface area contributed by atoms with E-state index in [-0.39, 0.29) is 12.1 Å². The van der Waals surface area contributed by atoms with Crippen molar-refractivity contribution in [1.82, 2.24) is 4.90 Å². The van der Waals surface area contributed by atoms with Crippen molar-refractivity contribution >= 4 is 17.6 Å². The summed E-state index contributed by atoms with van der Waals surface area (Å²) in [5, 5.41) is 0. The summed E-state index contributed by atoms with van der Waals surface area (Å²) in [6.45, 7) is 8.31. The molecule has 6 nitrogen and oxygen atoms in total. The van der Waals surface area contributed by atoms with Crippen molar-refractivity contribution < 1.29 is 23.8 Å². The minimum atomic E-state index is -0.567. The predicted octanol–water partition coefficient (Wildman–Crippen LogP) is 3.65. The summed E-state index contributed by atoms with van der Waals surface area (Å²) in [5.41, 5.74) is 1.69. The number of amides is 1. The molecule has 2 rings (SSSR count). The maximum atomic E-state index is 12.4. The van der Waals surface area contributed by atoms with Crippen LogP contribution in [0.2, 0.25) is 0 Å². The van der Waals surface area contributed by atoms with E-state index in [2.05, 4.69) is 0 Å². The lowest BCUT2D eigenvalue weighted by Gasteiger charge is -2.32. The Balaban J connectivity index is 2.33. The van der Waals surface area contributed by atoms with Crippen molar-refractivity contribution in [2.75, 3.05) is 26.8 Å². The van der Waals surface area contributed by atoms with Crippen molar-refractivity contribution in [3.63, 3.8) is 0 Å². The van der Waals surface area contributed by atoms with Gasteiger partial charge < -0.3 is 19.1 Å². The fraction of sp³-hybridized carbons (Fsp3) is 0.500. The highest BCUT2D eigenvalue weighted by atomic mass is 16.6. The van der Waals surface area contributed by atoms with Gasteiger partial charge in [0.05, 0.1) is 20.3 Å². The predicted molar refractivity (Wildman–Crippen MR) is 99.0 cm³/mol. The number of benzene rings is 1. The number of carbonyl (C=O) groups is 2. The maximum Gasteiger partial charge on any atom is 0.410 e. The van der Waals surface area contributed by atoms with Gasteiger partial charge in [0.1, 0.15) is 11.4 Å². The molecule has 0 aromatic heterocycles. The Morgan fingerprint density at radius 1 is 1.15 bits per heavy atom. The van der Waals surface area contributed by atoms with Crippen LogP contribution in [0.15, 0.2) is 29.8 Å². The molecule has 26 heavy (non-hydrogen) atoms. The van der Waals surface area contributed by atoms with E-state index in [1.165, 1.54) is 0 Å². The standard InChI is InChI=1S/C20H27NO5/c1-6-25-18(22)16-11-12-21(19(23)26-20(2,3)4)13-17(16)14-7-9-15(24-5)10-8-14/h7-10H,6,11-13H2,1-5H3. The minimum Gasteiger partial charge on any atom is -0.497 e. The van der Waals surface area contributed by atoms with Crippen LogP contribution in [0.5, 0.6) is 5.75 Å². The quantitative estimate of drug-likeness (QED) is 0.766. The Kier molecular flexibility index (Phi) is 6.29. The van der Waals surface area contributed by atoms with E-state index in [0.717, 1.165) is 16.9 Å². The van der Waals surface area contributed by atoms with Gasteiger partial charge in [0, 0.05) is 12.1 Å². The highest BCUT2D eigenvalue weighted by molar-refractivity contribution is 5.99. The average Bonchev–Trinajstić information content (AvgIpc) is 2.60. The third-order valence-electron chi connectivity index (χ3n) is 3.96. The van der Waals surface area contributed by atoms with Crippen LogP contribution < -0.4 is 4.74 Å². The van der Waals surface area contributed by atoms with E-state index in [1.54, 1.807) is 18.9 Å². The van der Waals surface area contributed by atoms with E-state index >= 15 is 0 Å². The van der Waals surface area contributed by atoms with Gasteiger partial charge in [0.15, 0.2) is 0 Å². The van der Waals surface area contributed by atoms with Gasteiger partial charge in [-0.2, -0.15) is 0 Å². The van der Waals surface area contributed by atoms with Crippen molar-refractivity contribution in [3.8, 4) is 5.75 Å². The van der Waals surface area contributed by atoms with E-state index in [4.69, 9.17) is 14.2 Å². The SMILES string of the molecule is CCOC(=O)C1=C(c2ccc(OC)cc2)CN(C(=O)OC(C)(C)C)CC1. The minimum absolute atomic E-state index is 0.301. The van der Waals surface area contributed by atoms with Crippen molar-refractivity contribution in [3.05, 3.63) is 35.4 Å². The Morgan fingerprint density at radius 2 is 1.81 bits per heavy atom. The second-order valence-corrected chi connectivity index (χ2v) is 7.06. The maximum absolute atomic E-state index is 12.4. The molecule has 0 saturated heterocycles. The number of carbonyl (C=O) groups excluding carboxylic acids is 2. The Morgan fingerprint density at radius 3 is 2.35 bits per heavy atom. The highest BCUT2D eigenvalue weighted by Crippen LogP contribution is 2.29. The zero-order valence-corrected chi connectivity index (χ0v) is 16.1. The molecule has 0 bridgehead atoms. The van der Waals surface area contributed by atoms with Gasteiger partial charge in [0.2, 0.25) is 0 Å². The molecule has 1 aliphatic rings. The number of ether oxygens (including phenoxy) is 3. The summed E-state index contributed by atoms with van der Waals surface area (Å²) in [6.07, 6.45) is 0.0471. The molecule has 1 amide bonds. The molecular formula is C20H27NO5. The Hall–Kier alpha value is -2.50. The van der Waals surface area contributed by atoms with Gasteiger partial charge >= 0.3 is 12.1 Å². The van der Waals surface area contributed by atoms with Crippen molar-refractivity contribution in [2.45, 2.75) is 39.7 Å². The molecule has 1 aliphatic heterocycles. The fourth-order valence-electron chi connectivity index (χ4n) is 2.75. The van der Waals surface area contributed by atoms with Gasteiger partial charge in [-0.15, -0.1) is 0 Å². The largest absolute Gasteiger partial charge is 0.497 e. The van der Waals surface area contributed by atoms with Gasteiger partial charge in [-0.1, -0.05) is 12.1 Å². The van der Waals surface area contributed by atoms with E-state index < -0.39 is 5.60 Å². The lowest BCUT2D eigenvalue weighted by atomic mass is 9.94. The van der Waals surface area contributed by atoms with Gasteiger partial charge in [0.25, 0.3) is 0 Å². The molecule has 0 N–H and O–H groups in total. The first-order valence-corrected chi connectivity index (χ1v) is 8.76. The smallest absolute Gasteiger partial charge is 0.410 e. The lowest BCUT2D eigenvalue weighted by molar-refractivity contribution is -0.138. The summed E-state index contributed by atoms with van der Waals surface area (Å²) in [5.74, 6) is 0.397. The Bertz CT molecular complexity index is 685. The van der Waals surface area contributed by atoms with Crippen molar-refractivity contribution in [1.29, 1.82) is 0 Å². The van der Waals surface area contributed by atoms with E-state index in [0.29, 0.717) is 31.7 Å². The first kappa shape index (κ1) is 19.8. The molecule has 0 atom stereocenters. The molecule has 0 aliphatic carbocycles. The third kappa shape index (κ3) is 5.00. The molecule has 0 saturated carbocycles. The van der Waals surface area contributed by atoms with Crippen LogP contribution in [0.25, 0.3) is 5.57 Å². The summed E-state index contributed by atoms with van der Waals surface area (Å²) in [6, 6.07) is 7.42. The van der Waals surface area contributed by atoms with Crippen LogP contribution in [0.1, 0.15) is 39.7 Å². The summed E-state index contributed by atoms with van der Waals surface area (Å²) in [4.78, 5) is 26.4. The fourth-order valence-corrected chi connectivity index (χ4v) is 2.75. The number of hydrogen-bond acceptors (Lipinski definition) is 5. The molecule has 0 fully saturated rings. The summed E-state index contributed by atoms with van der Waals surface area (Å²) >= 11 is 0. The van der Waals surface area contributed by atoms with Crippen LogP contribution >= 0.6 is 0 Å². The van der Waals surface area contributed by atoms with Crippen LogP contribution in [0.3, 0.4) is 0 Å². The summed E-state index contributed by atoms with van der Waals surface area (Å²) < 4.78 is 15.9. The topological polar surface area (TPSA) is 65.1 Å². The third-order valence-corrected chi connectivity index (χ3v) is 3.96. The number of esters is 1. The zero-order chi connectivity index (χ0) is 19.3. The number of nitrogens with zero attached hydrogens (tertiary/aromatic N) is 1. The van der Waals surface area contributed by atoms with Gasteiger partial charge in [-0.05, 0) is 57.4 Å². The molecule has 0 radical (unpaired) electrons. The number of hydrogen-bond donors (Lipinski definition) is 0. The second-order valence-electron chi connectivity index (χ2n) is 7.06. The first-order chi connectivity index (χ1) is 12.2. The number of methoxy groups -OCH3 is 1. The van der Waals surface area contributed by atoms with Crippen LogP contribution in [0, 0.1) is 0 Å². The monoisotopic (exact) mass is 361 g/mol. The Labute approximate surface area is 154 Å². The second kappa shape index (κ2) is 8.25. The highest BCUT2D eigenvalue weighted by Gasteiger charge is 2.30. The van der Waals surface area contributed by atoms with Crippen molar-refractivity contribution in [2.24, 2.45) is 0 Å². The van der Waals surface area contributed by atoms with Crippen LogP contribution in [-0.2, 0) is 14.3 Å². The molecule has 142 valence electrons. The van der Waals surface area contributed by atoms with E-state index in [1.807, 2.05) is 45.0 Å². The molecule has 6 heteroatoms. The van der Waals surface area contributed by atoms with Gasteiger partial charge in [-0.25, -0.2) is 9.59 Å². The normalized spacial score (nSPS) is 14.9. The average molecular weight is 361 g/mol. The molecule has 0 spiro atoms.